The second-order valence-electron chi connectivity index (χ2n) is 17.3. The van der Waals surface area contributed by atoms with Gasteiger partial charge in [-0.2, -0.15) is 0 Å². The van der Waals surface area contributed by atoms with E-state index in [1.54, 1.807) is 6.92 Å². The van der Waals surface area contributed by atoms with Crippen molar-refractivity contribution in [2.45, 2.75) is 85.7 Å². The molecular formula is C54H53BrCl2O6. The Morgan fingerprint density at radius 3 is 1.38 bits per heavy atom. The third-order valence-corrected chi connectivity index (χ3v) is 12.0. The summed E-state index contributed by atoms with van der Waals surface area (Å²) in [5, 5.41) is 15.7. The van der Waals surface area contributed by atoms with Gasteiger partial charge in [0.05, 0.1) is 17.8 Å². The fraction of sp³-hybridized carbons (Fsp3) is 0.259. The third-order valence-electron chi connectivity index (χ3n) is 10.5. The van der Waals surface area contributed by atoms with E-state index in [4.69, 9.17) is 37.4 Å². The van der Waals surface area contributed by atoms with E-state index in [0.717, 1.165) is 76.1 Å². The Bertz CT molecular complexity index is 2750. The number of ether oxygens (including phenoxy) is 3. The standard InChI is InChI=1S/C29H27ClO3.C25H26BrClO3/c1-18-24(19-10-6-5-7-11-19)22-12-8-9-13-23(22)26(20-14-16-21(30)17-15-20)25(18)27(28(31)32)33-29(2,3)4;1-6-29-24(28)23(30-25(3,4)5)20-15(2)22(26)19-10-8-7-9-18(19)21(20)16-11-13-17(27)14-12-16/h5-17,27H,1-4H3,(H,31,32);7-14,23H,6H2,1-5H3. The molecule has 0 aliphatic rings. The molecule has 0 saturated carbocycles. The zero-order valence-electron chi connectivity index (χ0n) is 37.1. The Morgan fingerprint density at radius 2 is 0.937 bits per heavy atom. The minimum absolute atomic E-state index is 0.285. The molecular weight excluding hydrogens is 895 g/mol. The molecule has 0 spiro atoms. The molecule has 0 radical (unpaired) electrons. The van der Waals surface area contributed by atoms with Crippen molar-refractivity contribution in [3.05, 3.63) is 164 Å². The van der Waals surface area contributed by atoms with Crippen LogP contribution in [0.2, 0.25) is 10.0 Å². The van der Waals surface area contributed by atoms with Crippen molar-refractivity contribution in [3.63, 3.8) is 0 Å². The first kappa shape index (κ1) is 47.5. The van der Waals surface area contributed by atoms with Gasteiger partial charge in [-0.25, -0.2) is 9.59 Å². The molecule has 0 aromatic heterocycles. The van der Waals surface area contributed by atoms with E-state index < -0.39 is 35.3 Å². The molecule has 6 nitrogen and oxygen atoms in total. The first-order chi connectivity index (χ1) is 29.8. The summed E-state index contributed by atoms with van der Waals surface area (Å²) in [4.78, 5) is 25.7. The van der Waals surface area contributed by atoms with Crippen molar-refractivity contribution in [1.82, 2.24) is 0 Å². The molecule has 0 aliphatic carbocycles. The monoisotopic (exact) mass is 946 g/mol. The number of carbonyl (C=O) groups is 2. The molecule has 1 N–H and O–H groups in total. The maximum Gasteiger partial charge on any atom is 0.339 e. The normalized spacial score (nSPS) is 12.7. The van der Waals surface area contributed by atoms with Crippen LogP contribution in [-0.4, -0.2) is 34.9 Å². The zero-order valence-corrected chi connectivity index (χ0v) is 40.2. The minimum Gasteiger partial charge on any atom is -0.479 e. The van der Waals surface area contributed by atoms with Gasteiger partial charge < -0.3 is 19.3 Å². The predicted molar refractivity (Wildman–Crippen MR) is 263 cm³/mol. The lowest BCUT2D eigenvalue weighted by atomic mass is 9.82. The minimum atomic E-state index is -1.14. The topological polar surface area (TPSA) is 82.1 Å². The Labute approximate surface area is 389 Å². The largest absolute Gasteiger partial charge is 0.479 e. The molecule has 9 heteroatoms. The number of fused-ring (bicyclic) bond motifs is 2. The molecule has 7 aromatic carbocycles. The Morgan fingerprint density at radius 1 is 0.556 bits per heavy atom. The highest BCUT2D eigenvalue weighted by atomic mass is 79.9. The summed E-state index contributed by atoms with van der Waals surface area (Å²) in [7, 11) is 0. The molecule has 0 bridgehead atoms. The number of benzene rings is 7. The van der Waals surface area contributed by atoms with Gasteiger partial charge in [-0.05, 0) is 169 Å². The number of carboxylic acids is 1. The van der Waals surface area contributed by atoms with Crippen LogP contribution >= 0.6 is 39.1 Å². The highest BCUT2D eigenvalue weighted by Gasteiger charge is 2.35. The number of rotatable bonds is 10. The van der Waals surface area contributed by atoms with Crippen LogP contribution in [0.5, 0.6) is 0 Å². The summed E-state index contributed by atoms with van der Waals surface area (Å²) in [5.41, 5.74) is 7.84. The second-order valence-corrected chi connectivity index (χ2v) is 19.0. The third kappa shape index (κ3) is 10.9. The van der Waals surface area contributed by atoms with E-state index in [2.05, 4.69) is 46.3 Å². The highest BCUT2D eigenvalue weighted by molar-refractivity contribution is 9.10. The molecule has 7 aromatic rings. The van der Waals surface area contributed by atoms with Crippen molar-refractivity contribution in [2.24, 2.45) is 0 Å². The maximum absolute atomic E-state index is 13.1. The summed E-state index contributed by atoms with van der Waals surface area (Å²) in [6.07, 6.45) is -2.00. The lowest BCUT2D eigenvalue weighted by Crippen LogP contribution is -2.29. The molecule has 0 amide bonds. The summed E-state index contributed by atoms with van der Waals surface area (Å²) in [6, 6.07) is 41.5. The van der Waals surface area contributed by atoms with Gasteiger partial charge in [-0.3, -0.25) is 0 Å². The Balaban J connectivity index is 0.000000211. The van der Waals surface area contributed by atoms with Crippen LogP contribution in [0.4, 0.5) is 0 Å². The fourth-order valence-electron chi connectivity index (χ4n) is 8.00. The Hall–Kier alpha value is -5.02. The highest BCUT2D eigenvalue weighted by Crippen LogP contribution is 2.47. The predicted octanol–water partition coefficient (Wildman–Crippen LogP) is 15.7. The van der Waals surface area contributed by atoms with Crippen molar-refractivity contribution in [1.29, 1.82) is 0 Å². The van der Waals surface area contributed by atoms with Crippen molar-refractivity contribution >= 4 is 72.6 Å². The second kappa shape index (κ2) is 19.8. The number of esters is 1. The van der Waals surface area contributed by atoms with Gasteiger partial charge in [0.15, 0.2) is 12.2 Å². The molecule has 0 heterocycles. The van der Waals surface area contributed by atoms with E-state index in [0.29, 0.717) is 15.6 Å². The van der Waals surface area contributed by atoms with E-state index in [-0.39, 0.29) is 6.61 Å². The first-order valence-corrected chi connectivity index (χ1v) is 22.4. The number of carbonyl (C=O) groups excluding carboxylic acids is 1. The average molecular weight is 949 g/mol. The van der Waals surface area contributed by atoms with Crippen LogP contribution in [0.1, 0.15) is 82.9 Å². The molecule has 2 atom stereocenters. The molecule has 0 aliphatic heterocycles. The van der Waals surface area contributed by atoms with Gasteiger partial charge >= 0.3 is 11.9 Å². The van der Waals surface area contributed by atoms with Crippen molar-refractivity contribution < 1.29 is 28.9 Å². The number of hydrogen-bond acceptors (Lipinski definition) is 5. The van der Waals surface area contributed by atoms with E-state index in [1.807, 2.05) is 152 Å². The fourth-order valence-corrected chi connectivity index (χ4v) is 8.82. The average Bonchev–Trinajstić information content (AvgIpc) is 3.24. The van der Waals surface area contributed by atoms with Crippen LogP contribution in [0.3, 0.4) is 0 Å². The van der Waals surface area contributed by atoms with Gasteiger partial charge in [-0.1, -0.05) is 126 Å². The van der Waals surface area contributed by atoms with Crippen molar-refractivity contribution in [2.75, 3.05) is 6.61 Å². The first-order valence-electron chi connectivity index (χ1n) is 20.9. The summed E-state index contributed by atoms with van der Waals surface area (Å²) in [6.45, 7) is 17.5. The zero-order chi connectivity index (χ0) is 45.8. The Kier molecular flexibility index (Phi) is 14.9. The molecule has 326 valence electrons. The van der Waals surface area contributed by atoms with Crippen LogP contribution in [-0.2, 0) is 23.8 Å². The summed E-state index contributed by atoms with van der Waals surface area (Å²) >= 11 is 16.1. The molecule has 2 unspecified atom stereocenters. The summed E-state index contributed by atoms with van der Waals surface area (Å²) < 4.78 is 18.8. The van der Waals surface area contributed by atoms with E-state index in [9.17, 15) is 14.7 Å². The number of halogens is 3. The number of carboxylic acid groups (broad SMARTS) is 1. The van der Waals surface area contributed by atoms with Gasteiger partial charge in [0.1, 0.15) is 0 Å². The lowest BCUT2D eigenvalue weighted by molar-refractivity contribution is -0.166. The van der Waals surface area contributed by atoms with Gasteiger partial charge in [0, 0.05) is 25.6 Å². The molecule has 0 saturated heterocycles. The maximum atomic E-state index is 13.1. The summed E-state index contributed by atoms with van der Waals surface area (Å²) in [5.74, 6) is -1.41. The van der Waals surface area contributed by atoms with Gasteiger partial charge in [0.25, 0.3) is 0 Å². The number of aliphatic carboxylic acids is 1. The van der Waals surface area contributed by atoms with Gasteiger partial charge in [-0.15, -0.1) is 0 Å². The number of hydrogen-bond donors (Lipinski definition) is 1. The van der Waals surface area contributed by atoms with Crippen LogP contribution in [0.25, 0.3) is 54.9 Å². The SMILES string of the molecule is CCOC(=O)C(OC(C)(C)C)c1c(C)c(Br)c2ccccc2c1-c1ccc(Cl)cc1.Cc1c(C(OC(C)(C)C)C(=O)O)c(-c2ccc(Cl)cc2)c2ccccc2c1-c1ccccc1. The smallest absolute Gasteiger partial charge is 0.339 e. The van der Waals surface area contributed by atoms with E-state index in [1.165, 1.54) is 0 Å². The van der Waals surface area contributed by atoms with Crippen LogP contribution < -0.4 is 0 Å². The molecule has 7 rings (SSSR count). The quantitative estimate of drug-likeness (QED) is 0.138. The van der Waals surface area contributed by atoms with Crippen LogP contribution in [0.15, 0.2) is 132 Å². The van der Waals surface area contributed by atoms with Crippen LogP contribution in [0, 0.1) is 13.8 Å². The van der Waals surface area contributed by atoms with E-state index >= 15 is 0 Å². The molecule has 0 fully saturated rings. The lowest BCUT2D eigenvalue weighted by Gasteiger charge is -2.30. The molecule has 63 heavy (non-hydrogen) atoms. The van der Waals surface area contributed by atoms with Gasteiger partial charge in [0.2, 0.25) is 0 Å². The van der Waals surface area contributed by atoms with Crippen molar-refractivity contribution in [3.8, 4) is 33.4 Å².